The number of nitrogens with one attached hydrogen (secondary N) is 1. The third kappa shape index (κ3) is 4.09. The van der Waals surface area contributed by atoms with Gasteiger partial charge in [-0.25, -0.2) is 9.37 Å². The maximum atomic E-state index is 14.3. The van der Waals surface area contributed by atoms with Gasteiger partial charge in [-0.3, -0.25) is 0 Å². The average molecular weight is 368 g/mol. The molecule has 136 valence electrons. The zero-order valence-electron chi connectivity index (χ0n) is 14.4. The van der Waals surface area contributed by atoms with Gasteiger partial charge in [-0.05, 0) is 13.0 Å². The van der Waals surface area contributed by atoms with Gasteiger partial charge < -0.3 is 24.3 Å². The van der Waals surface area contributed by atoms with Gasteiger partial charge in [-0.1, -0.05) is 0 Å². The molecule has 1 atom stereocenters. The summed E-state index contributed by atoms with van der Waals surface area (Å²) in [7, 11) is 3.02. The van der Waals surface area contributed by atoms with Gasteiger partial charge in [0.2, 0.25) is 6.29 Å². The van der Waals surface area contributed by atoms with Gasteiger partial charge in [-0.2, -0.15) is 0 Å². The van der Waals surface area contributed by atoms with Crippen LogP contribution in [0.15, 0.2) is 18.3 Å². The fraction of sp³-hybridized carbons (Fsp3) is 0.471. The fourth-order valence-electron chi connectivity index (χ4n) is 2.58. The van der Waals surface area contributed by atoms with Crippen LogP contribution in [0.1, 0.15) is 34.7 Å². The summed E-state index contributed by atoms with van der Waals surface area (Å²) >= 11 is 1.52. The highest BCUT2D eigenvalue weighted by Crippen LogP contribution is 2.33. The van der Waals surface area contributed by atoms with E-state index in [-0.39, 0.29) is 18.1 Å². The molecule has 0 radical (unpaired) electrons. The van der Waals surface area contributed by atoms with Crippen LogP contribution >= 0.6 is 11.3 Å². The maximum absolute atomic E-state index is 14.3. The van der Waals surface area contributed by atoms with Crippen LogP contribution in [0.2, 0.25) is 0 Å². The molecule has 6 nitrogen and oxygen atoms in total. The van der Waals surface area contributed by atoms with Gasteiger partial charge in [0.15, 0.2) is 11.5 Å². The molecule has 1 saturated heterocycles. The number of thiazole rings is 1. The number of halogens is 1. The second-order valence-electron chi connectivity index (χ2n) is 5.57. The number of methoxy groups -OCH3 is 2. The van der Waals surface area contributed by atoms with Crippen molar-refractivity contribution in [3.05, 3.63) is 39.6 Å². The molecular formula is C17H21FN2O4S. The van der Waals surface area contributed by atoms with Crippen molar-refractivity contribution >= 4 is 11.3 Å². The molecular weight excluding hydrogens is 347 g/mol. The predicted octanol–water partition coefficient (Wildman–Crippen LogP) is 3.20. The lowest BCUT2D eigenvalue weighted by atomic mass is 10.1. The van der Waals surface area contributed by atoms with E-state index < -0.39 is 0 Å². The molecule has 3 rings (SSSR count). The number of hydrogen-bond acceptors (Lipinski definition) is 7. The lowest BCUT2D eigenvalue weighted by Gasteiger charge is -2.17. The maximum Gasteiger partial charge on any atom is 0.211 e. The molecule has 1 aromatic heterocycles. The second kappa shape index (κ2) is 8.09. The van der Waals surface area contributed by atoms with Crippen LogP contribution in [0.5, 0.6) is 11.5 Å². The zero-order valence-corrected chi connectivity index (χ0v) is 15.2. The van der Waals surface area contributed by atoms with E-state index in [4.69, 9.17) is 18.9 Å². The summed E-state index contributed by atoms with van der Waals surface area (Å²) < 4.78 is 35.6. The molecule has 1 unspecified atom stereocenters. The molecule has 1 aliphatic rings. The van der Waals surface area contributed by atoms with E-state index in [1.807, 2.05) is 6.92 Å². The Morgan fingerprint density at radius 2 is 1.96 bits per heavy atom. The van der Waals surface area contributed by atoms with Gasteiger partial charge in [-0.15, -0.1) is 11.3 Å². The quantitative estimate of drug-likeness (QED) is 0.810. The van der Waals surface area contributed by atoms with E-state index in [0.29, 0.717) is 36.8 Å². The number of hydrogen-bond donors (Lipinski definition) is 1. The summed E-state index contributed by atoms with van der Waals surface area (Å²) in [6.07, 6.45) is 1.43. The SMILES string of the molecule is COc1cc(F)c(C(C)NCc2cnc(C3OCCO3)s2)cc1OC. The van der Waals surface area contributed by atoms with E-state index in [2.05, 4.69) is 10.3 Å². The van der Waals surface area contributed by atoms with Crippen LogP contribution < -0.4 is 14.8 Å². The summed E-state index contributed by atoms with van der Waals surface area (Å²) in [5, 5.41) is 4.11. The zero-order chi connectivity index (χ0) is 17.8. The van der Waals surface area contributed by atoms with Crippen molar-refractivity contribution in [2.24, 2.45) is 0 Å². The first-order chi connectivity index (χ1) is 12.1. The Bertz CT molecular complexity index is 719. The molecule has 1 N–H and O–H groups in total. The minimum absolute atomic E-state index is 0.204. The van der Waals surface area contributed by atoms with Crippen molar-refractivity contribution in [3.63, 3.8) is 0 Å². The molecule has 0 bridgehead atoms. The average Bonchev–Trinajstić information content (AvgIpc) is 3.30. The van der Waals surface area contributed by atoms with Crippen LogP contribution in [0.4, 0.5) is 4.39 Å². The van der Waals surface area contributed by atoms with Crippen LogP contribution in [0, 0.1) is 5.82 Å². The molecule has 1 fully saturated rings. The molecule has 0 amide bonds. The molecule has 1 aromatic carbocycles. The predicted molar refractivity (Wildman–Crippen MR) is 91.5 cm³/mol. The summed E-state index contributed by atoms with van der Waals surface area (Å²) in [6, 6.07) is 2.79. The van der Waals surface area contributed by atoms with Gasteiger partial charge in [0.25, 0.3) is 0 Å². The van der Waals surface area contributed by atoms with Gasteiger partial charge in [0.1, 0.15) is 10.8 Å². The highest BCUT2D eigenvalue weighted by Gasteiger charge is 2.22. The topological polar surface area (TPSA) is 61.8 Å². The third-order valence-corrected chi connectivity index (χ3v) is 4.97. The lowest BCUT2D eigenvalue weighted by Crippen LogP contribution is -2.18. The Labute approximate surface area is 149 Å². The Hall–Kier alpha value is -1.74. The van der Waals surface area contributed by atoms with E-state index in [1.54, 1.807) is 12.3 Å². The van der Waals surface area contributed by atoms with Gasteiger partial charge >= 0.3 is 0 Å². The first-order valence-electron chi connectivity index (χ1n) is 7.95. The van der Waals surface area contributed by atoms with Crippen molar-refractivity contribution in [1.82, 2.24) is 10.3 Å². The van der Waals surface area contributed by atoms with Crippen molar-refractivity contribution < 1.29 is 23.3 Å². The molecule has 2 heterocycles. The lowest BCUT2D eigenvalue weighted by molar-refractivity contribution is -0.0442. The van der Waals surface area contributed by atoms with E-state index in [1.165, 1.54) is 31.6 Å². The van der Waals surface area contributed by atoms with E-state index >= 15 is 0 Å². The van der Waals surface area contributed by atoms with Crippen LogP contribution in [0.3, 0.4) is 0 Å². The molecule has 0 saturated carbocycles. The highest BCUT2D eigenvalue weighted by atomic mass is 32.1. The number of ether oxygens (including phenoxy) is 4. The van der Waals surface area contributed by atoms with Crippen LogP contribution in [-0.4, -0.2) is 32.4 Å². The summed E-state index contributed by atoms with van der Waals surface area (Å²) in [5.41, 5.74) is 0.518. The van der Waals surface area contributed by atoms with Crippen LogP contribution in [-0.2, 0) is 16.0 Å². The number of rotatable bonds is 7. The Balaban J connectivity index is 1.65. The first kappa shape index (κ1) is 18.1. The molecule has 8 heteroatoms. The Morgan fingerprint density at radius 3 is 2.64 bits per heavy atom. The van der Waals surface area contributed by atoms with E-state index in [9.17, 15) is 4.39 Å². The number of nitrogens with zero attached hydrogens (tertiary/aromatic N) is 1. The minimum Gasteiger partial charge on any atom is -0.493 e. The minimum atomic E-state index is -0.362. The normalized spacial score (nSPS) is 16.2. The summed E-state index contributed by atoms with van der Waals surface area (Å²) in [6.45, 7) is 3.65. The molecule has 1 aliphatic heterocycles. The highest BCUT2D eigenvalue weighted by molar-refractivity contribution is 7.11. The second-order valence-corrected chi connectivity index (χ2v) is 6.72. The number of aromatic nitrogens is 1. The first-order valence-corrected chi connectivity index (χ1v) is 8.76. The van der Waals surface area contributed by atoms with Gasteiger partial charge in [0.05, 0.1) is 27.4 Å². The van der Waals surface area contributed by atoms with Crippen molar-refractivity contribution in [1.29, 1.82) is 0 Å². The van der Waals surface area contributed by atoms with E-state index in [0.717, 1.165) is 9.88 Å². The smallest absolute Gasteiger partial charge is 0.211 e. The summed E-state index contributed by atoms with van der Waals surface area (Å²) in [4.78, 5) is 5.36. The van der Waals surface area contributed by atoms with Gasteiger partial charge in [0, 0.05) is 35.3 Å². The third-order valence-electron chi connectivity index (χ3n) is 3.95. The molecule has 0 spiro atoms. The molecule has 25 heavy (non-hydrogen) atoms. The Kier molecular flexibility index (Phi) is 5.85. The van der Waals surface area contributed by atoms with Crippen molar-refractivity contribution in [2.75, 3.05) is 27.4 Å². The Morgan fingerprint density at radius 1 is 1.28 bits per heavy atom. The monoisotopic (exact) mass is 368 g/mol. The van der Waals surface area contributed by atoms with Crippen LogP contribution in [0.25, 0.3) is 0 Å². The molecule has 2 aromatic rings. The summed E-state index contributed by atoms with van der Waals surface area (Å²) in [5.74, 6) is 0.540. The fourth-order valence-corrected chi connectivity index (χ4v) is 3.45. The van der Waals surface area contributed by atoms with Crippen molar-refractivity contribution in [2.45, 2.75) is 25.8 Å². The largest absolute Gasteiger partial charge is 0.493 e. The standard InChI is InChI=1S/C17H21FN2O4S/c1-10(12-6-14(21-2)15(22-3)7-13(12)18)19-8-11-9-20-16(25-11)17-23-4-5-24-17/h6-7,9-10,17,19H,4-5,8H2,1-3H3. The molecule has 0 aliphatic carbocycles. The van der Waals surface area contributed by atoms with Crippen molar-refractivity contribution in [3.8, 4) is 11.5 Å². The number of benzene rings is 1.